The predicted octanol–water partition coefficient (Wildman–Crippen LogP) is 1.50. The lowest BCUT2D eigenvalue weighted by atomic mass is 10.4. The second-order valence-corrected chi connectivity index (χ2v) is 4.81. The van der Waals surface area contributed by atoms with Crippen molar-refractivity contribution in [1.82, 2.24) is 10.2 Å². The molecule has 0 radical (unpaired) electrons. The maximum atomic E-state index is 11.2. The first-order chi connectivity index (χ1) is 4.83. The summed E-state index contributed by atoms with van der Waals surface area (Å²) in [6.45, 7) is 7.30. The number of hydrogen-bond acceptors (Lipinski definition) is 1. The lowest BCUT2D eigenvalue weighted by Gasteiger charge is -2.18. The van der Waals surface area contributed by atoms with Gasteiger partial charge in [0, 0.05) is 12.1 Å². The third-order valence-corrected chi connectivity index (χ3v) is 2.60. The highest BCUT2D eigenvalue weighted by Crippen LogP contribution is 2.30. The maximum Gasteiger partial charge on any atom is 0.338 e. The summed E-state index contributed by atoms with van der Waals surface area (Å²) >= 11 is 0. The zero-order valence-electron chi connectivity index (χ0n) is 7.87. The Morgan fingerprint density at radius 2 is 1.33 bits per heavy atom. The molecular formula is C6H18ClN2O2P. The molecule has 0 unspecified atom stereocenters. The SMILES string of the molecule is CC(C)NP(=O)(O)NC(C)C.Cl. The van der Waals surface area contributed by atoms with Gasteiger partial charge in [-0.15, -0.1) is 12.4 Å². The Morgan fingerprint density at radius 3 is 1.50 bits per heavy atom. The first-order valence-electron chi connectivity index (χ1n) is 3.72. The van der Waals surface area contributed by atoms with E-state index in [1.165, 1.54) is 0 Å². The molecule has 0 aliphatic heterocycles. The molecule has 4 nitrogen and oxygen atoms in total. The van der Waals surface area contributed by atoms with Crippen LogP contribution in [0.25, 0.3) is 0 Å². The van der Waals surface area contributed by atoms with Crippen LogP contribution >= 0.6 is 20.1 Å². The molecular weight excluding hydrogens is 199 g/mol. The van der Waals surface area contributed by atoms with E-state index in [1.54, 1.807) is 0 Å². The van der Waals surface area contributed by atoms with Crippen LogP contribution in [0.2, 0.25) is 0 Å². The number of nitrogens with one attached hydrogen (secondary N) is 2. The molecule has 0 fully saturated rings. The molecule has 3 N–H and O–H groups in total. The van der Waals surface area contributed by atoms with Gasteiger partial charge in [0.05, 0.1) is 0 Å². The van der Waals surface area contributed by atoms with Gasteiger partial charge in [0.25, 0.3) is 0 Å². The molecule has 0 aliphatic carbocycles. The highest BCUT2D eigenvalue weighted by atomic mass is 35.5. The fraction of sp³-hybridized carbons (Fsp3) is 1.00. The number of rotatable bonds is 4. The molecule has 6 heteroatoms. The summed E-state index contributed by atoms with van der Waals surface area (Å²) in [5.41, 5.74) is 0. The van der Waals surface area contributed by atoms with E-state index in [4.69, 9.17) is 0 Å². The Balaban J connectivity index is 0. The minimum atomic E-state index is -3.30. The van der Waals surface area contributed by atoms with Crippen LogP contribution in [0.4, 0.5) is 0 Å². The van der Waals surface area contributed by atoms with Crippen molar-refractivity contribution in [3.63, 3.8) is 0 Å². The smallest absolute Gasteiger partial charge is 0.322 e. The Morgan fingerprint density at radius 1 is 1.08 bits per heavy atom. The van der Waals surface area contributed by atoms with E-state index in [0.717, 1.165) is 0 Å². The largest absolute Gasteiger partial charge is 0.338 e. The summed E-state index contributed by atoms with van der Waals surface area (Å²) in [7, 11) is -3.30. The van der Waals surface area contributed by atoms with Crippen LogP contribution in [-0.4, -0.2) is 17.0 Å². The quantitative estimate of drug-likeness (QED) is 0.624. The molecule has 0 aromatic carbocycles. The van der Waals surface area contributed by atoms with Crippen LogP contribution in [0, 0.1) is 0 Å². The molecule has 0 saturated carbocycles. The van der Waals surface area contributed by atoms with Crippen molar-refractivity contribution in [3.05, 3.63) is 0 Å². The molecule has 0 spiro atoms. The molecule has 0 bridgehead atoms. The zero-order valence-corrected chi connectivity index (χ0v) is 9.58. The van der Waals surface area contributed by atoms with Gasteiger partial charge in [-0.2, -0.15) is 0 Å². The normalized spacial score (nSPS) is 11.9. The predicted molar refractivity (Wildman–Crippen MR) is 53.6 cm³/mol. The van der Waals surface area contributed by atoms with Crippen molar-refractivity contribution in [2.24, 2.45) is 0 Å². The van der Waals surface area contributed by atoms with Crippen LogP contribution < -0.4 is 10.2 Å². The summed E-state index contributed by atoms with van der Waals surface area (Å²) in [6, 6.07) is 0.0224. The van der Waals surface area contributed by atoms with Crippen LogP contribution in [0.15, 0.2) is 0 Å². The van der Waals surface area contributed by atoms with E-state index in [9.17, 15) is 9.46 Å². The van der Waals surface area contributed by atoms with Crippen LogP contribution in [0.1, 0.15) is 27.7 Å². The summed E-state index contributed by atoms with van der Waals surface area (Å²) in [5, 5.41) is 5.10. The minimum Gasteiger partial charge on any atom is -0.322 e. The van der Waals surface area contributed by atoms with Gasteiger partial charge in [-0.25, -0.2) is 10.2 Å². The Hall–Kier alpha value is 0.400. The first-order valence-corrected chi connectivity index (χ1v) is 5.38. The lowest BCUT2D eigenvalue weighted by Crippen LogP contribution is -2.30. The van der Waals surface area contributed by atoms with Gasteiger partial charge in [-0.05, 0) is 27.7 Å². The minimum absolute atomic E-state index is 0. The molecule has 0 heterocycles. The van der Waals surface area contributed by atoms with E-state index in [-0.39, 0.29) is 24.5 Å². The lowest BCUT2D eigenvalue weighted by molar-refractivity contribution is 0.432. The topological polar surface area (TPSA) is 61.4 Å². The molecule has 0 aromatic rings. The van der Waals surface area contributed by atoms with Crippen molar-refractivity contribution < 1.29 is 9.46 Å². The van der Waals surface area contributed by atoms with E-state index >= 15 is 0 Å². The molecule has 0 rings (SSSR count). The molecule has 0 aliphatic rings. The van der Waals surface area contributed by atoms with Crippen molar-refractivity contribution >= 4 is 20.1 Å². The number of hydrogen-bond donors (Lipinski definition) is 3. The average Bonchev–Trinajstić information content (AvgIpc) is 1.53. The molecule has 0 saturated heterocycles. The monoisotopic (exact) mass is 216 g/mol. The molecule has 0 aromatic heterocycles. The Kier molecular flexibility index (Phi) is 7.38. The van der Waals surface area contributed by atoms with Gasteiger partial charge in [0.1, 0.15) is 0 Å². The van der Waals surface area contributed by atoms with Gasteiger partial charge in [0.2, 0.25) is 0 Å². The molecule has 0 atom stereocenters. The highest BCUT2D eigenvalue weighted by Gasteiger charge is 2.18. The first kappa shape index (κ1) is 14.9. The van der Waals surface area contributed by atoms with Gasteiger partial charge in [-0.1, -0.05) is 0 Å². The second kappa shape index (κ2) is 5.95. The molecule has 12 heavy (non-hydrogen) atoms. The van der Waals surface area contributed by atoms with E-state index < -0.39 is 7.67 Å². The second-order valence-electron chi connectivity index (χ2n) is 3.14. The molecule has 0 amide bonds. The summed E-state index contributed by atoms with van der Waals surface area (Å²) in [4.78, 5) is 9.19. The van der Waals surface area contributed by atoms with Crippen LogP contribution in [-0.2, 0) is 4.57 Å². The maximum absolute atomic E-state index is 11.2. The van der Waals surface area contributed by atoms with E-state index in [1.807, 2.05) is 27.7 Å². The standard InChI is InChI=1S/C6H17N2O2P.ClH/c1-5(2)7-11(9,10)8-6(3)4;/h5-6H,1-4H3,(H3,7,8,9,10);1H. The highest BCUT2D eigenvalue weighted by molar-refractivity contribution is 7.53. The zero-order chi connectivity index (χ0) is 9.07. The fourth-order valence-electron chi connectivity index (χ4n) is 0.737. The van der Waals surface area contributed by atoms with Crippen molar-refractivity contribution in [3.8, 4) is 0 Å². The van der Waals surface area contributed by atoms with E-state index in [2.05, 4.69) is 10.2 Å². The van der Waals surface area contributed by atoms with Crippen LogP contribution in [0.3, 0.4) is 0 Å². The van der Waals surface area contributed by atoms with Crippen LogP contribution in [0.5, 0.6) is 0 Å². The van der Waals surface area contributed by atoms with Gasteiger partial charge < -0.3 is 4.89 Å². The number of halogens is 1. The van der Waals surface area contributed by atoms with Gasteiger partial charge >= 0.3 is 7.67 Å². The average molecular weight is 217 g/mol. The Labute approximate surface area is 80.1 Å². The summed E-state index contributed by atoms with van der Waals surface area (Å²) in [6.07, 6.45) is 0. The van der Waals surface area contributed by atoms with Crippen molar-refractivity contribution in [2.75, 3.05) is 0 Å². The summed E-state index contributed by atoms with van der Waals surface area (Å²) in [5.74, 6) is 0. The van der Waals surface area contributed by atoms with Gasteiger partial charge in [-0.3, -0.25) is 4.57 Å². The van der Waals surface area contributed by atoms with Crippen molar-refractivity contribution in [1.29, 1.82) is 0 Å². The van der Waals surface area contributed by atoms with Gasteiger partial charge in [0.15, 0.2) is 0 Å². The third-order valence-electron chi connectivity index (χ3n) is 0.866. The van der Waals surface area contributed by atoms with Crippen molar-refractivity contribution in [2.45, 2.75) is 39.8 Å². The third kappa shape index (κ3) is 8.50. The molecule has 76 valence electrons. The van der Waals surface area contributed by atoms with E-state index in [0.29, 0.717) is 0 Å². The Bertz CT molecular complexity index is 150. The summed E-state index contributed by atoms with van der Waals surface area (Å²) < 4.78 is 11.2. The fourth-order valence-corrected chi connectivity index (χ4v) is 2.21.